The summed E-state index contributed by atoms with van der Waals surface area (Å²) in [7, 11) is 0. The molecule has 15 heavy (non-hydrogen) atoms. The molecule has 1 aromatic carbocycles. The van der Waals surface area contributed by atoms with Crippen LogP contribution in [0.1, 0.15) is 18.4 Å². The van der Waals surface area contributed by atoms with Gasteiger partial charge in [0.05, 0.1) is 6.42 Å². The Labute approximate surface area is 93.8 Å². The topological polar surface area (TPSA) is 43.4 Å². The van der Waals surface area contributed by atoms with Gasteiger partial charge in [-0.2, -0.15) is 0 Å². The zero-order chi connectivity index (χ0) is 11.1. The van der Waals surface area contributed by atoms with Crippen LogP contribution in [0, 0.1) is 0 Å². The van der Waals surface area contributed by atoms with Crippen LogP contribution in [0.3, 0.4) is 0 Å². The quantitative estimate of drug-likeness (QED) is 0.472. The summed E-state index contributed by atoms with van der Waals surface area (Å²) in [5.74, 6) is -0.350. The van der Waals surface area contributed by atoms with Gasteiger partial charge in [-0.1, -0.05) is 12.1 Å². The molecule has 80 valence electrons. The van der Waals surface area contributed by atoms with E-state index < -0.39 is 0 Å². The number of benzene rings is 1. The number of hydrogen-bond donors (Lipinski definition) is 1. The van der Waals surface area contributed by atoms with Gasteiger partial charge in [-0.25, -0.2) is 0 Å². The smallest absolute Gasteiger partial charge is 0.306 e. The van der Waals surface area contributed by atoms with Crippen molar-refractivity contribution in [3.63, 3.8) is 0 Å². The van der Waals surface area contributed by atoms with Gasteiger partial charge in [0.1, 0.15) is 12.9 Å². The van der Waals surface area contributed by atoms with Crippen molar-refractivity contribution in [3.05, 3.63) is 29.8 Å². The molecule has 1 aromatic rings. The van der Waals surface area contributed by atoms with E-state index in [1.807, 2.05) is 24.3 Å². The first-order valence-corrected chi connectivity index (χ1v) is 5.04. The molecule has 0 bridgehead atoms. The van der Waals surface area contributed by atoms with Crippen molar-refractivity contribution >= 4 is 24.9 Å². The van der Waals surface area contributed by atoms with E-state index in [0.29, 0.717) is 6.29 Å². The molecule has 0 aliphatic rings. The summed E-state index contributed by atoms with van der Waals surface area (Å²) in [6.07, 6.45) is 1.07. The molecule has 4 heteroatoms. The van der Waals surface area contributed by atoms with E-state index in [-0.39, 0.29) is 25.4 Å². The molecule has 0 saturated carbocycles. The summed E-state index contributed by atoms with van der Waals surface area (Å²) in [6.45, 7) is 0.242. The minimum absolute atomic E-state index is 0.147. The fraction of sp³-hybridized carbons (Fsp3) is 0.273. The summed E-state index contributed by atoms with van der Waals surface area (Å²) in [5, 5.41) is 0. The summed E-state index contributed by atoms with van der Waals surface area (Å²) in [5.41, 5.74) is 0.909. The molecule has 0 aliphatic heterocycles. The van der Waals surface area contributed by atoms with Crippen molar-refractivity contribution in [2.75, 3.05) is 0 Å². The van der Waals surface area contributed by atoms with E-state index in [0.717, 1.165) is 10.5 Å². The van der Waals surface area contributed by atoms with Gasteiger partial charge >= 0.3 is 5.97 Å². The number of hydrogen-bond acceptors (Lipinski definition) is 4. The lowest BCUT2D eigenvalue weighted by Gasteiger charge is -2.03. The SMILES string of the molecule is O=CCCC(=O)OCc1ccc(S)cc1. The Hall–Kier alpha value is -1.29. The van der Waals surface area contributed by atoms with Crippen LogP contribution in [0.15, 0.2) is 29.2 Å². The van der Waals surface area contributed by atoms with Crippen LogP contribution in [0.2, 0.25) is 0 Å². The number of thiol groups is 1. The molecule has 0 N–H and O–H groups in total. The Kier molecular flexibility index (Phi) is 4.90. The van der Waals surface area contributed by atoms with Gasteiger partial charge in [0.25, 0.3) is 0 Å². The van der Waals surface area contributed by atoms with E-state index in [1.54, 1.807) is 0 Å². The molecule has 0 spiro atoms. The van der Waals surface area contributed by atoms with Crippen molar-refractivity contribution in [2.24, 2.45) is 0 Å². The van der Waals surface area contributed by atoms with Gasteiger partial charge in [0, 0.05) is 11.3 Å². The third-order valence-electron chi connectivity index (χ3n) is 1.80. The molecule has 3 nitrogen and oxygen atoms in total. The summed E-state index contributed by atoms with van der Waals surface area (Å²) in [6, 6.07) is 7.35. The minimum Gasteiger partial charge on any atom is -0.461 e. The number of carbonyl (C=O) groups is 2. The van der Waals surface area contributed by atoms with Crippen molar-refractivity contribution in [1.82, 2.24) is 0 Å². The van der Waals surface area contributed by atoms with Crippen LogP contribution in [0.25, 0.3) is 0 Å². The molecule has 0 amide bonds. The number of carbonyl (C=O) groups excluding carboxylic acids is 2. The number of rotatable bonds is 5. The maximum absolute atomic E-state index is 11.0. The molecule has 0 atom stereocenters. The lowest BCUT2D eigenvalue weighted by atomic mass is 10.2. The summed E-state index contributed by atoms with van der Waals surface area (Å²) in [4.78, 5) is 21.9. The van der Waals surface area contributed by atoms with Gasteiger partial charge in [-0.05, 0) is 17.7 Å². The molecule has 0 saturated heterocycles. The van der Waals surface area contributed by atoms with Gasteiger partial charge in [-0.15, -0.1) is 12.6 Å². The molecular formula is C11H12O3S. The standard InChI is InChI=1S/C11H12O3S/c12-7-1-2-11(13)14-8-9-3-5-10(15)6-4-9/h3-7,15H,1-2,8H2. The summed E-state index contributed by atoms with van der Waals surface area (Å²) < 4.78 is 4.95. The predicted octanol–water partition coefficient (Wildman–Crippen LogP) is 2.00. The monoisotopic (exact) mass is 224 g/mol. The number of aldehydes is 1. The highest BCUT2D eigenvalue weighted by molar-refractivity contribution is 7.80. The van der Waals surface area contributed by atoms with Crippen LogP contribution in [-0.4, -0.2) is 12.3 Å². The van der Waals surface area contributed by atoms with Crippen molar-refractivity contribution in [2.45, 2.75) is 24.3 Å². The zero-order valence-electron chi connectivity index (χ0n) is 8.18. The number of esters is 1. The third-order valence-corrected chi connectivity index (χ3v) is 2.10. The van der Waals surface area contributed by atoms with Crippen LogP contribution in [0.5, 0.6) is 0 Å². The molecule has 0 fully saturated rings. The second-order valence-electron chi connectivity index (χ2n) is 3.03. The molecule has 0 aromatic heterocycles. The van der Waals surface area contributed by atoms with Crippen LogP contribution in [-0.2, 0) is 20.9 Å². The van der Waals surface area contributed by atoms with Gasteiger partial charge in [0.2, 0.25) is 0 Å². The fourth-order valence-corrected chi connectivity index (χ4v) is 1.15. The van der Waals surface area contributed by atoms with E-state index in [4.69, 9.17) is 4.74 Å². The Bertz CT molecular complexity index is 332. The van der Waals surface area contributed by atoms with Crippen LogP contribution in [0.4, 0.5) is 0 Å². The highest BCUT2D eigenvalue weighted by atomic mass is 32.1. The van der Waals surface area contributed by atoms with Crippen molar-refractivity contribution < 1.29 is 14.3 Å². The van der Waals surface area contributed by atoms with Crippen molar-refractivity contribution in [3.8, 4) is 0 Å². The van der Waals surface area contributed by atoms with Crippen LogP contribution < -0.4 is 0 Å². The molecule has 0 heterocycles. The second kappa shape index (κ2) is 6.24. The Morgan fingerprint density at radius 1 is 1.33 bits per heavy atom. The van der Waals surface area contributed by atoms with E-state index >= 15 is 0 Å². The molecule has 1 rings (SSSR count). The molecule has 0 radical (unpaired) electrons. The lowest BCUT2D eigenvalue weighted by molar-refractivity contribution is -0.145. The maximum Gasteiger partial charge on any atom is 0.306 e. The second-order valence-corrected chi connectivity index (χ2v) is 3.55. The zero-order valence-corrected chi connectivity index (χ0v) is 9.07. The maximum atomic E-state index is 11.0. The first-order valence-electron chi connectivity index (χ1n) is 4.59. The van der Waals surface area contributed by atoms with Crippen LogP contribution >= 0.6 is 12.6 Å². The fourth-order valence-electron chi connectivity index (χ4n) is 1.00. The highest BCUT2D eigenvalue weighted by Gasteiger charge is 2.02. The Balaban J connectivity index is 2.33. The lowest BCUT2D eigenvalue weighted by Crippen LogP contribution is -2.04. The largest absolute Gasteiger partial charge is 0.461 e. The summed E-state index contributed by atoms with van der Waals surface area (Å²) >= 11 is 4.14. The van der Waals surface area contributed by atoms with E-state index in [2.05, 4.69) is 12.6 Å². The molecular weight excluding hydrogens is 212 g/mol. The van der Waals surface area contributed by atoms with Crippen molar-refractivity contribution in [1.29, 1.82) is 0 Å². The average molecular weight is 224 g/mol. The highest BCUT2D eigenvalue weighted by Crippen LogP contribution is 2.09. The predicted molar refractivity (Wildman–Crippen MR) is 58.8 cm³/mol. The Morgan fingerprint density at radius 2 is 2.00 bits per heavy atom. The molecule has 0 aliphatic carbocycles. The first-order chi connectivity index (χ1) is 7.22. The van der Waals surface area contributed by atoms with E-state index in [1.165, 1.54) is 0 Å². The first kappa shape index (κ1) is 11.8. The Morgan fingerprint density at radius 3 is 2.60 bits per heavy atom. The minimum atomic E-state index is -0.350. The van der Waals surface area contributed by atoms with Gasteiger partial charge in [-0.3, -0.25) is 4.79 Å². The van der Waals surface area contributed by atoms with Gasteiger partial charge in [0.15, 0.2) is 0 Å². The van der Waals surface area contributed by atoms with Gasteiger partial charge < -0.3 is 9.53 Å². The average Bonchev–Trinajstić information content (AvgIpc) is 2.25. The number of ether oxygens (including phenoxy) is 1. The normalized spacial score (nSPS) is 9.67. The molecule has 0 unspecified atom stereocenters. The third kappa shape index (κ3) is 4.65. The van der Waals surface area contributed by atoms with E-state index in [9.17, 15) is 9.59 Å².